The molecule has 1 heterocycles. The highest BCUT2D eigenvalue weighted by atomic mass is 35.5. The van der Waals surface area contributed by atoms with E-state index in [1.165, 1.54) is 13.2 Å². The molecule has 31 heavy (non-hydrogen) atoms. The number of esters is 1. The number of aromatic nitrogens is 1. The average Bonchev–Trinajstić information content (AvgIpc) is 2.75. The fraction of sp³-hybridized carbons (Fsp3) is 0.217. The topological polar surface area (TPSA) is 51.2 Å². The lowest BCUT2D eigenvalue weighted by Gasteiger charge is -2.24. The number of nitrogens with one attached hydrogen (secondary N) is 1. The van der Waals surface area contributed by atoms with Crippen molar-refractivity contribution in [1.29, 1.82) is 0 Å². The van der Waals surface area contributed by atoms with Crippen molar-refractivity contribution in [2.24, 2.45) is 0 Å². The molecule has 0 amide bonds. The van der Waals surface area contributed by atoms with E-state index in [1.54, 1.807) is 42.6 Å². The number of rotatable bonds is 4. The third kappa shape index (κ3) is 4.50. The number of hydrogen-bond acceptors (Lipinski definition) is 4. The highest BCUT2D eigenvalue weighted by Gasteiger charge is 2.32. The molecule has 160 valence electrons. The number of hydrogen-bond donors (Lipinski definition) is 1. The maximum absolute atomic E-state index is 13.7. The summed E-state index contributed by atoms with van der Waals surface area (Å²) >= 11 is 12.3. The molecule has 1 aliphatic rings. The van der Waals surface area contributed by atoms with Gasteiger partial charge in [-0.05, 0) is 48.4 Å². The molecular formula is C23H18Cl2F2N2O2. The van der Waals surface area contributed by atoms with Crippen molar-refractivity contribution in [2.75, 3.05) is 12.4 Å². The third-order valence-electron chi connectivity index (χ3n) is 5.23. The third-order valence-corrected chi connectivity index (χ3v) is 5.70. The second-order valence-corrected chi connectivity index (χ2v) is 8.18. The first kappa shape index (κ1) is 21.5. The molecule has 3 aromatic rings. The highest BCUT2D eigenvalue weighted by molar-refractivity contribution is 6.31. The molecule has 1 aliphatic carbocycles. The molecule has 8 heteroatoms. The summed E-state index contributed by atoms with van der Waals surface area (Å²) in [5.74, 6) is -3.27. The van der Waals surface area contributed by atoms with E-state index in [1.807, 2.05) is 0 Å². The molecule has 0 fully saturated rings. The second kappa shape index (κ2) is 8.44. The number of carbonyl (C=O) groups is 1. The van der Waals surface area contributed by atoms with Crippen LogP contribution in [0.3, 0.4) is 0 Å². The fourth-order valence-corrected chi connectivity index (χ4v) is 3.96. The summed E-state index contributed by atoms with van der Waals surface area (Å²) in [6.45, 7) is 0. The second-order valence-electron chi connectivity index (χ2n) is 7.30. The van der Waals surface area contributed by atoms with Gasteiger partial charge in [0.2, 0.25) is 0 Å². The maximum atomic E-state index is 13.7. The molecule has 0 spiro atoms. The number of ether oxygens (including phenoxy) is 1. The summed E-state index contributed by atoms with van der Waals surface area (Å²) in [4.78, 5) is 16.8. The average molecular weight is 463 g/mol. The number of methoxy groups -OCH3 is 1. The fourth-order valence-electron chi connectivity index (χ4n) is 3.62. The minimum Gasteiger partial charge on any atom is -0.465 e. The Morgan fingerprint density at radius 1 is 1.16 bits per heavy atom. The molecule has 0 aliphatic heterocycles. The van der Waals surface area contributed by atoms with Crippen molar-refractivity contribution in [2.45, 2.75) is 25.2 Å². The minimum absolute atomic E-state index is 0.208. The molecule has 4 rings (SSSR count). The molecule has 0 atom stereocenters. The van der Waals surface area contributed by atoms with Crippen LogP contribution in [-0.4, -0.2) is 24.0 Å². The number of nitrogens with zero attached hydrogens (tertiary/aromatic N) is 1. The Hall–Kier alpha value is -2.70. The van der Waals surface area contributed by atoms with Crippen LogP contribution in [0, 0.1) is 0 Å². The van der Waals surface area contributed by atoms with Gasteiger partial charge in [0.1, 0.15) is 0 Å². The lowest BCUT2D eigenvalue weighted by Crippen LogP contribution is -2.18. The van der Waals surface area contributed by atoms with Crippen LogP contribution in [0.25, 0.3) is 16.5 Å². The first-order chi connectivity index (χ1) is 14.8. The first-order valence-electron chi connectivity index (χ1n) is 9.58. The molecule has 0 saturated carbocycles. The van der Waals surface area contributed by atoms with Gasteiger partial charge in [-0.25, -0.2) is 13.6 Å². The smallest absolute Gasteiger partial charge is 0.340 e. The molecule has 1 N–H and O–H groups in total. The number of allylic oxidation sites excluding steroid dienone is 2. The molecule has 1 aromatic heterocycles. The number of carbonyl (C=O) groups excluding carboxylic acids is 1. The largest absolute Gasteiger partial charge is 0.465 e. The SMILES string of the molecule is COC(=O)c1cc(Cl)ccc1Nc1c(C2=CCC(F)(F)CC2)cnc2ccc(Cl)cc12. The predicted octanol–water partition coefficient (Wildman–Crippen LogP) is 7.27. The van der Waals surface area contributed by atoms with Crippen LogP contribution >= 0.6 is 23.2 Å². The Bertz CT molecular complexity index is 1210. The zero-order valence-corrected chi connectivity index (χ0v) is 18.0. The molecule has 0 saturated heterocycles. The lowest BCUT2D eigenvalue weighted by molar-refractivity contribution is -0.00603. The van der Waals surface area contributed by atoms with Gasteiger partial charge in [-0.2, -0.15) is 0 Å². The monoisotopic (exact) mass is 462 g/mol. The van der Waals surface area contributed by atoms with E-state index in [9.17, 15) is 13.6 Å². The Morgan fingerprint density at radius 3 is 2.61 bits per heavy atom. The van der Waals surface area contributed by atoms with Crippen LogP contribution in [0.2, 0.25) is 10.0 Å². The summed E-state index contributed by atoms with van der Waals surface area (Å²) in [5, 5.41) is 4.87. The summed E-state index contributed by atoms with van der Waals surface area (Å²) in [6.07, 6.45) is 2.84. The van der Waals surface area contributed by atoms with Gasteiger partial charge in [0.25, 0.3) is 5.92 Å². The molecular weight excluding hydrogens is 445 g/mol. The first-order valence-corrected chi connectivity index (χ1v) is 10.3. The van der Waals surface area contributed by atoms with Crippen LogP contribution in [0.1, 0.15) is 35.2 Å². The number of alkyl halides is 2. The van der Waals surface area contributed by atoms with Crippen molar-refractivity contribution >= 4 is 57.0 Å². The summed E-state index contributed by atoms with van der Waals surface area (Å²) in [5.41, 5.74) is 3.44. The van der Waals surface area contributed by atoms with Gasteiger partial charge in [-0.15, -0.1) is 0 Å². The summed E-state index contributed by atoms with van der Waals surface area (Å²) in [6, 6.07) is 10.1. The van der Waals surface area contributed by atoms with Crippen LogP contribution in [0.4, 0.5) is 20.2 Å². The molecule has 0 radical (unpaired) electrons. The summed E-state index contributed by atoms with van der Waals surface area (Å²) in [7, 11) is 1.28. The van der Waals surface area contributed by atoms with Crippen LogP contribution < -0.4 is 5.32 Å². The van der Waals surface area contributed by atoms with Gasteiger partial charge in [-0.1, -0.05) is 29.3 Å². The quantitative estimate of drug-likeness (QED) is 0.414. The minimum atomic E-state index is -2.71. The Kier molecular flexibility index (Phi) is 5.86. The van der Waals surface area contributed by atoms with Crippen molar-refractivity contribution in [3.05, 3.63) is 69.8 Å². The van der Waals surface area contributed by atoms with Crippen LogP contribution in [0.5, 0.6) is 0 Å². The molecule has 2 aromatic carbocycles. The molecule has 0 unspecified atom stereocenters. The van der Waals surface area contributed by atoms with E-state index >= 15 is 0 Å². The van der Waals surface area contributed by atoms with E-state index in [-0.39, 0.29) is 24.8 Å². The maximum Gasteiger partial charge on any atom is 0.340 e. The Balaban J connectivity index is 1.89. The molecule has 0 bridgehead atoms. The van der Waals surface area contributed by atoms with Crippen molar-refractivity contribution in [1.82, 2.24) is 4.98 Å². The van der Waals surface area contributed by atoms with E-state index in [2.05, 4.69) is 10.3 Å². The Labute approximate surface area is 187 Å². The van der Waals surface area contributed by atoms with Crippen molar-refractivity contribution < 1.29 is 18.3 Å². The zero-order valence-electron chi connectivity index (χ0n) is 16.5. The standard InChI is InChI=1S/C23H18Cl2F2N2O2/c1-31-22(30)17-11-15(25)3-5-20(17)29-21-16-10-14(24)2-4-19(16)28-12-18(21)13-6-8-23(26,27)9-7-13/h2-6,10-12H,7-9H2,1H3,(H,28,29). The predicted molar refractivity (Wildman–Crippen MR) is 120 cm³/mol. The molecule has 4 nitrogen and oxygen atoms in total. The lowest BCUT2D eigenvalue weighted by atomic mass is 9.90. The number of fused-ring (bicyclic) bond motifs is 1. The van der Waals surface area contributed by atoms with Gasteiger partial charge >= 0.3 is 5.97 Å². The van der Waals surface area contributed by atoms with Crippen molar-refractivity contribution in [3.63, 3.8) is 0 Å². The highest BCUT2D eigenvalue weighted by Crippen LogP contribution is 2.41. The van der Waals surface area contributed by atoms with E-state index in [4.69, 9.17) is 27.9 Å². The van der Waals surface area contributed by atoms with Crippen LogP contribution in [0.15, 0.2) is 48.7 Å². The van der Waals surface area contributed by atoms with Gasteiger partial charge in [0, 0.05) is 40.0 Å². The number of anilines is 2. The van der Waals surface area contributed by atoms with Gasteiger partial charge in [-0.3, -0.25) is 4.98 Å². The summed E-state index contributed by atoms with van der Waals surface area (Å²) < 4.78 is 32.3. The van der Waals surface area contributed by atoms with E-state index in [0.29, 0.717) is 37.9 Å². The number of benzene rings is 2. The van der Waals surface area contributed by atoms with Crippen molar-refractivity contribution in [3.8, 4) is 0 Å². The van der Waals surface area contributed by atoms with E-state index < -0.39 is 11.9 Å². The van der Waals surface area contributed by atoms with Gasteiger partial charge in [0.05, 0.1) is 29.6 Å². The number of halogens is 4. The van der Waals surface area contributed by atoms with Gasteiger partial charge in [0.15, 0.2) is 0 Å². The van der Waals surface area contributed by atoms with E-state index in [0.717, 1.165) is 5.57 Å². The zero-order chi connectivity index (χ0) is 22.2. The number of pyridine rings is 1. The Morgan fingerprint density at radius 2 is 1.90 bits per heavy atom. The normalized spacial score (nSPS) is 15.5. The van der Waals surface area contributed by atoms with Gasteiger partial charge < -0.3 is 10.1 Å². The van der Waals surface area contributed by atoms with Crippen LogP contribution in [-0.2, 0) is 4.74 Å².